The summed E-state index contributed by atoms with van der Waals surface area (Å²) in [5.41, 5.74) is 1.69. The fourth-order valence-corrected chi connectivity index (χ4v) is 2.96. The Morgan fingerprint density at radius 2 is 1.65 bits per heavy atom. The Hall–Kier alpha value is -2.27. The molecule has 0 bridgehead atoms. The third-order valence-corrected chi connectivity index (χ3v) is 4.80. The Morgan fingerprint density at radius 3 is 2.23 bits per heavy atom. The molecule has 2 rings (SSSR count). The Morgan fingerprint density at radius 1 is 1.00 bits per heavy atom. The van der Waals surface area contributed by atoms with Gasteiger partial charge in [-0.2, -0.15) is 0 Å². The van der Waals surface area contributed by atoms with Gasteiger partial charge in [-0.25, -0.2) is 0 Å². The summed E-state index contributed by atoms with van der Waals surface area (Å²) in [5.74, 6) is 0.685. The second-order valence-electron chi connectivity index (χ2n) is 5.98. The number of rotatable bonds is 9. The number of hydrogen-bond acceptors (Lipinski definition) is 4. The van der Waals surface area contributed by atoms with Gasteiger partial charge in [0.1, 0.15) is 5.75 Å². The summed E-state index contributed by atoms with van der Waals surface area (Å²) in [5, 5.41) is 0. The second-order valence-corrected chi connectivity index (χ2v) is 6.86. The number of thioether (sulfide) groups is 1. The van der Waals surface area contributed by atoms with Gasteiger partial charge in [-0.15, -0.1) is 11.8 Å². The highest BCUT2D eigenvalue weighted by molar-refractivity contribution is 7.98. The number of ketones is 1. The first-order valence-electron chi connectivity index (χ1n) is 8.66. The number of carbonyl (C=O) groups excluding carboxylic acids is 2. The quantitative estimate of drug-likeness (QED) is 0.483. The standard InChI is InChI=1S/C21H25NO3S/c1-4-25-18-9-7-17(8-10-18)20(23)13-14-21(24)22(2)15-16-5-11-19(26-3)12-6-16/h5-12H,4,13-15H2,1-3H3. The molecule has 0 spiro atoms. The van der Waals surface area contributed by atoms with Crippen LogP contribution in [0.1, 0.15) is 35.7 Å². The van der Waals surface area contributed by atoms with Crippen molar-refractivity contribution in [2.45, 2.75) is 31.2 Å². The summed E-state index contributed by atoms with van der Waals surface area (Å²) in [6, 6.07) is 15.2. The van der Waals surface area contributed by atoms with Gasteiger partial charge < -0.3 is 9.64 Å². The smallest absolute Gasteiger partial charge is 0.223 e. The molecule has 0 N–H and O–H groups in total. The predicted molar refractivity (Wildman–Crippen MR) is 106 cm³/mol. The van der Waals surface area contributed by atoms with E-state index in [2.05, 4.69) is 0 Å². The van der Waals surface area contributed by atoms with Crippen molar-refractivity contribution in [2.75, 3.05) is 19.9 Å². The van der Waals surface area contributed by atoms with Crippen molar-refractivity contribution < 1.29 is 14.3 Å². The maximum absolute atomic E-state index is 12.3. The van der Waals surface area contributed by atoms with E-state index in [4.69, 9.17) is 4.74 Å². The Bertz CT molecular complexity index is 726. The minimum Gasteiger partial charge on any atom is -0.494 e. The average molecular weight is 372 g/mol. The van der Waals surface area contributed by atoms with Crippen molar-refractivity contribution in [3.05, 3.63) is 59.7 Å². The summed E-state index contributed by atoms with van der Waals surface area (Å²) >= 11 is 1.69. The number of nitrogens with zero attached hydrogens (tertiary/aromatic N) is 1. The van der Waals surface area contributed by atoms with Gasteiger partial charge in [-0.05, 0) is 55.1 Å². The lowest BCUT2D eigenvalue weighted by Gasteiger charge is -2.17. The third kappa shape index (κ3) is 5.92. The number of Topliss-reactive ketones (excluding diaryl/α,β-unsaturated/α-hetero) is 1. The average Bonchev–Trinajstić information content (AvgIpc) is 2.67. The Balaban J connectivity index is 1.83. The van der Waals surface area contributed by atoms with E-state index in [-0.39, 0.29) is 24.5 Å². The maximum Gasteiger partial charge on any atom is 0.223 e. The summed E-state index contributed by atoms with van der Waals surface area (Å²) < 4.78 is 5.37. The highest BCUT2D eigenvalue weighted by Gasteiger charge is 2.13. The molecule has 2 aromatic rings. The van der Waals surface area contributed by atoms with Gasteiger partial charge in [0, 0.05) is 36.9 Å². The number of carbonyl (C=O) groups is 2. The molecular formula is C21H25NO3S. The van der Waals surface area contributed by atoms with Crippen LogP contribution < -0.4 is 4.74 Å². The van der Waals surface area contributed by atoms with Crippen LogP contribution in [-0.4, -0.2) is 36.5 Å². The molecule has 0 atom stereocenters. The molecule has 0 aliphatic heterocycles. The van der Waals surface area contributed by atoms with Crippen molar-refractivity contribution in [1.29, 1.82) is 0 Å². The van der Waals surface area contributed by atoms with Crippen LogP contribution in [-0.2, 0) is 11.3 Å². The highest BCUT2D eigenvalue weighted by atomic mass is 32.2. The minimum absolute atomic E-state index is 0.0286. The van der Waals surface area contributed by atoms with E-state index >= 15 is 0 Å². The molecule has 4 nitrogen and oxygen atoms in total. The fraction of sp³-hybridized carbons (Fsp3) is 0.333. The first kappa shape index (κ1) is 20.0. The zero-order valence-corrected chi connectivity index (χ0v) is 16.3. The van der Waals surface area contributed by atoms with Crippen molar-refractivity contribution >= 4 is 23.5 Å². The molecule has 1 amide bonds. The second kappa shape index (κ2) is 10.0. The number of amides is 1. The first-order valence-corrected chi connectivity index (χ1v) is 9.89. The van der Waals surface area contributed by atoms with E-state index in [1.807, 2.05) is 37.4 Å². The fourth-order valence-electron chi connectivity index (χ4n) is 2.55. The van der Waals surface area contributed by atoms with Crippen LogP contribution in [0.25, 0.3) is 0 Å². The molecule has 0 radical (unpaired) electrons. The topological polar surface area (TPSA) is 46.6 Å². The van der Waals surface area contributed by atoms with E-state index in [0.717, 1.165) is 11.3 Å². The van der Waals surface area contributed by atoms with Crippen LogP contribution in [0, 0.1) is 0 Å². The SMILES string of the molecule is CCOc1ccc(C(=O)CCC(=O)N(C)Cc2ccc(SC)cc2)cc1. The van der Waals surface area contributed by atoms with Gasteiger partial charge in [0.25, 0.3) is 0 Å². The van der Waals surface area contributed by atoms with Crippen LogP contribution >= 0.6 is 11.8 Å². The predicted octanol–water partition coefficient (Wildman–Crippen LogP) is 4.43. The van der Waals surface area contributed by atoms with E-state index < -0.39 is 0 Å². The van der Waals surface area contributed by atoms with E-state index in [1.165, 1.54) is 4.90 Å². The molecule has 0 saturated heterocycles. The van der Waals surface area contributed by atoms with Crippen molar-refractivity contribution in [3.8, 4) is 5.75 Å². The summed E-state index contributed by atoms with van der Waals surface area (Å²) in [6.07, 6.45) is 2.46. The lowest BCUT2D eigenvalue weighted by Crippen LogP contribution is -2.26. The Kier molecular flexibility index (Phi) is 7.73. The highest BCUT2D eigenvalue weighted by Crippen LogP contribution is 2.17. The van der Waals surface area contributed by atoms with Crippen LogP contribution in [0.4, 0.5) is 0 Å². The number of hydrogen-bond donors (Lipinski definition) is 0. The van der Waals surface area contributed by atoms with Gasteiger partial charge in [-0.3, -0.25) is 9.59 Å². The zero-order chi connectivity index (χ0) is 18.9. The molecule has 138 valence electrons. The zero-order valence-electron chi connectivity index (χ0n) is 15.5. The summed E-state index contributed by atoms with van der Waals surface area (Å²) in [6.45, 7) is 3.05. The largest absolute Gasteiger partial charge is 0.494 e. The lowest BCUT2D eigenvalue weighted by atomic mass is 10.1. The molecule has 26 heavy (non-hydrogen) atoms. The van der Waals surface area contributed by atoms with E-state index in [1.54, 1.807) is 48.0 Å². The molecule has 2 aromatic carbocycles. The molecule has 0 aliphatic rings. The van der Waals surface area contributed by atoms with Gasteiger partial charge in [0.05, 0.1) is 6.61 Å². The minimum atomic E-state index is -0.0294. The molecule has 5 heteroatoms. The normalized spacial score (nSPS) is 10.4. The van der Waals surface area contributed by atoms with Crippen LogP contribution in [0.3, 0.4) is 0 Å². The molecular weight excluding hydrogens is 346 g/mol. The van der Waals surface area contributed by atoms with Gasteiger partial charge in [0.2, 0.25) is 5.91 Å². The molecule has 0 aliphatic carbocycles. The molecule has 0 fully saturated rings. The maximum atomic E-state index is 12.3. The molecule has 0 heterocycles. The van der Waals surface area contributed by atoms with Gasteiger partial charge in [-0.1, -0.05) is 12.1 Å². The molecule has 0 aromatic heterocycles. The van der Waals surface area contributed by atoms with Crippen LogP contribution in [0.5, 0.6) is 5.75 Å². The molecule has 0 saturated carbocycles. The van der Waals surface area contributed by atoms with Crippen LogP contribution in [0.15, 0.2) is 53.4 Å². The molecule has 0 unspecified atom stereocenters. The van der Waals surface area contributed by atoms with Gasteiger partial charge >= 0.3 is 0 Å². The third-order valence-electron chi connectivity index (χ3n) is 4.06. The summed E-state index contributed by atoms with van der Waals surface area (Å²) in [4.78, 5) is 27.4. The monoisotopic (exact) mass is 371 g/mol. The van der Waals surface area contributed by atoms with E-state index in [0.29, 0.717) is 18.7 Å². The lowest BCUT2D eigenvalue weighted by molar-refractivity contribution is -0.130. The van der Waals surface area contributed by atoms with Crippen molar-refractivity contribution in [3.63, 3.8) is 0 Å². The number of ether oxygens (including phenoxy) is 1. The van der Waals surface area contributed by atoms with Crippen LogP contribution in [0.2, 0.25) is 0 Å². The first-order chi connectivity index (χ1) is 12.5. The van der Waals surface area contributed by atoms with Crippen molar-refractivity contribution in [2.24, 2.45) is 0 Å². The van der Waals surface area contributed by atoms with Gasteiger partial charge in [0.15, 0.2) is 5.78 Å². The van der Waals surface area contributed by atoms with E-state index in [9.17, 15) is 9.59 Å². The summed E-state index contributed by atoms with van der Waals surface area (Å²) in [7, 11) is 1.77. The number of benzene rings is 2. The Labute approximate surface area is 159 Å². The van der Waals surface area contributed by atoms with Crippen molar-refractivity contribution in [1.82, 2.24) is 4.90 Å².